The van der Waals surface area contributed by atoms with Gasteiger partial charge in [0.1, 0.15) is 18.0 Å². The van der Waals surface area contributed by atoms with Crippen LogP contribution in [0.25, 0.3) is 0 Å². The highest BCUT2D eigenvalue weighted by molar-refractivity contribution is 7.93. The van der Waals surface area contributed by atoms with E-state index in [9.17, 15) is 4.79 Å². The number of nitrogens with one attached hydrogen (secondary N) is 1. The van der Waals surface area contributed by atoms with Crippen LogP contribution in [0.5, 0.6) is 5.88 Å². The van der Waals surface area contributed by atoms with Gasteiger partial charge < -0.3 is 24.2 Å². The van der Waals surface area contributed by atoms with E-state index in [4.69, 9.17) is 14.0 Å². The molecule has 8 heteroatoms. The molecule has 0 saturated heterocycles. The SMILES string of the molecule is COCc1ccccc1CN1CCOc2nc(C(=O)NCc3ccc(SO)cc3)ccc21. The summed E-state index contributed by atoms with van der Waals surface area (Å²) in [6.07, 6.45) is 0. The Morgan fingerprint density at radius 1 is 1.16 bits per heavy atom. The number of rotatable bonds is 8. The molecule has 1 amide bonds. The molecule has 0 aliphatic carbocycles. The molecule has 166 valence electrons. The Hall–Kier alpha value is -3.07. The summed E-state index contributed by atoms with van der Waals surface area (Å²) in [4.78, 5) is 20.0. The minimum atomic E-state index is -0.264. The zero-order valence-corrected chi connectivity index (χ0v) is 18.6. The van der Waals surface area contributed by atoms with Crippen molar-refractivity contribution in [3.63, 3.8) is 0 Å². The van der Waals surface area contributed by atoms with Gasteiger partial charge in [0.25, 0.3) is 5.91 Å². The smallest absolute Gasteiger partial charge is 0.270 e. The molecule has 1 aliphatic rings. The van der Waals surface area contributed by atoms with E-state index < -0.39 is 0 Å². The lowest BCUT2D eigenvalue weighted by Crippen LogP contribution is -2.33. The van der Waals surface area contributed by atoms with Crippen molar-refractivity contribution in [3.05, 3.63) is 83.0 Å². The van der Waals surface area contributed by atoms with Crippen molar-refractivity contribution in [2.24, 2.45) is 0 Å². The van der Waals surface area contributed by atoms with Gasteiger partial charge in [0.15, 0.2) is 0 Å². The van der Waals surface area contributed by atoms with Gasteiger partial charge >= 0.3 is 0 Å². The van der Waals surface area contributed by atoms with E-state index in [2.05, 4.69) is 27.3 Å². The van der Waals surface area contributed by atoms with E-state index in [-0.39, 0.29) is 5.91 Å². The number of ether oxygens (including phenoxy) is 2. The molecule has 0 radical (unpaired) electrons. The van der Waals surface area contributed by atoms with Crippen molar-refractivity contribution < 1.29 is 18.8 Å². The fraction of sp³-hybridized carbons (Fsp3) is 0.250. The molecule has 0 fully saturated rings. The highest BCUT2D eigenvalue weighted by Crippen LogP contribution is 2.31. The second kappa shape index (κ2) is 10.5. The molecule has 0 saturated carbocycles. The predicted octanol–water partition coefficient (Wildman–Crippen LogP) is 4.12. The molecule has 0 unspecified atom stereocenters. The van der Waals surface area contributed by atoms with Gasteiger partial charge in [0.2, 0.25) is 5.88 Å². The van der Waals surface area contributed by atoms with Crippen molar-refractivity contribution >= 4 is 23.6 Å². The third kappa shape index (κ3) is 5.21. The first-order valence-corrected chi connectivity index (χ1v) is 11.1. The topological polar surface area (TPSA) is 83.9 Å². The van der Waals surface area contributed by atoms with Crippen LogP contribution in [0, 0.1) is 0 Å². The molecule has 0 bridgehead atoms. The summed E-state index contributed by atoms with van der Waals surface area (Å²) in [6, 6.07) is 19.2. The number of methoxy groups -OCH3 is 1. The van der Waals surface area contributed by atoms with Gasteiger partial charge in [0, 0.05) is 37.1 Å². The first-order chi connectivity index (χ1) is 15.7. The largest absolute Gasteiger partial charge is 0.474 e. The standard InChI is InChI=1S/C24H25N3O4S/c1-30-16-19-5-3-2-4-18(19)15-27-12-13-31-24-22(27)11-10-21(26-24)23(28)25-14-17-6-8-20(32-29)9-7-17/h2-11,29H,12-16H2,1H3,(H,25,28). The molecule has 7 nitrogen and oxygen atoms in total. The number of fused-ring (bicyclic) bond motifs is 1. The Kier molecular flexibility index (Phi) is 7.26. The number of anilines is 1. The number of hydrogen-bond donors (Lipinski definition) is 2. The first kappa shape index (κ1) is 22.1. The Balaban J connectivity index is 1.45. The van der Waals surface area contributed by atoms with Crippen LogP contribution in [0.4, 0.5) is 5.69 Å². The summed E-state index contributed by atoms with van der Waals surface area (Å²) in [5.41, 5.74) is 4.46. The van der Waals surface area contributed by atoms with E-state index in [0.29, 0.717) is 49.9 Å². The first-order valence-electron chi connectivity index (χ1n) is 10.3. The van der Waals surface area contributed by atoms with Crippen LogP contribution < -0.4 is 15.0 Å². The normalized spacial score (nSPS) is 12.8. The maximum atomic E-state index is 12.6. The summed E-state index contributed by atoms with van der Waals surface area (Å²) < 4.78 is 20.1. The molecule has 2 N–H and O–H groups in total. The van der Waals surface area contributed by atoms with Crippen LogP contribution in [0.1, 0.15) is 27.2 Å². The van der Waals surface area contributed by atoms with Gasteiger partial charge in [-0.25, -0.2) is 4.98 Å². The van der Waals surface area contributed by atoms with Crippen molar-refractivity contribution in [2.75, 3.05) is 25.2 Å². The highest BCUT2D eigenvalue weighted by atomic mass is 32.2. The maximum Gasteiger partial charge on any atom is 0.270 e. The monoisotopic (exact) mass is 451 g/mol. The van der Waals surface area contributed by atoms with E-state index >= 15 is 0 Å². The average molecular weight is 452 g/mol. The Labute approximate surface area is 191 Å². The van der Waals surface area contributed by atoms with Crippen molar-refractivity contribution in [2.45, 2.75) is 24.6 Å². The van der Waals surface area contributed by atoms with Gasteiger partial charge in [-0.2, -0.15) is 0 Å². The van der Waals surface area contributed by atoms with Crippen LogP contribution in [0.2, 0.25) is 0 Å². The summed E-state index contributed by atoms with van der Waals surface area (Å²) in [6.45, 7) is 2.89. The van der Waals surface area contributed by atoms with Crippen molar-refractivity contribution in [3.8, 4) is 5.88 Å². The second-order valence-electron chi connectivity index (χ2n) is 7.41. The number of carbonyl (C=O) groups excluding carboxylic acids is 1. The Bertz CT molecular complexity index is 1080. The van der Waals surface area contributed by atoms with Crippen molar-refractivity contribution in [1.82, 2.24) is 10.3 Å². The van der Waals surface area contributed by atoms with Gasteiger partial charge in [-0.1, -0.05) is 36.4 Å². The fourth-order valence-electron chi connectivity index (χ4n) is 3.60. The molecule has 3 aromatic rings. The Morgan fingerprint density at radius 3 is 2.69 bits per heavy atom. The lowest BCUT2D eigenvalue weighted by molar-refractivity contribution is 0.0944. The van der Waals surface area contributed by atoms with Crippen LogP contribution in [0.3, 0.4) is 0 Å². The Morgan fingerprint density at radius 2 is 1.94 bits per heavy atom. The number of amides is 1. The summed E-state index contributed by atoms with van der Waals surface area (Å²) in [5, 5.41) is 2.88. The minimum Gasteiger partial charge on any atom is -0.474 e. The number of carbonyl (C=O) groups is 1. The number of benzene rings is 2. The number of hydrogen-bond acceptors (Lipinski definition) is 7. The van der Waals surface area contributed by atoms with E-state index in [0.717, 1.165) is 28.3 Å². The van der Waals surface area contributed by atoms with Crippen LogP contribution in [0.15, 0.2) is 65.6 Å². The molecule has 0 atom stereocenters. The summed E-state index contributed by atoms with van der Waals surface area (Å²) in [7, 11) is 1.69. The van der Waals surface area contributed by atoms with E-state index in [1.807, 2.05) is 30.3 Å². The number of nitrogens with zero attached hydrogens (tertiary/aromatic N) is 2. The molecule has 0 spiro atoms. The van der Waals surface area contributed by atoms with E-state index in [1.54, 1.807) is 25.3 Å². The molecule has 1 aliphatic heterocycles. The van der Waals surface area contributed by atoms with Gasteiger partial charge in [-0.05, 0) is 41.0 Å². The van der Waals surface area contributed by atoms with Crippen LogP contribution >= 0.6 is 12.0 Å². The summed E-state index contributed by atoms with van der Waals surface area (Å²) in [5.74, 6) is 0.206. The molecule has 2 aromatic carbocycles. The zero-order chi connectivity index (χ0) is 22.3. The zero-order valence-electron chi connectivity index (χ0n) is 17.8. The molecule has 32 heavy (non-hydrogen) atoms. The molecular weight excluding hydrogens is 426 g/mol. The average Bonchev–Trinajstić information content (AvgIpc) is 2.84. The lowest BCUT2D eigenvalue weighted by Gasteiger charge is -2.31. The fourth-order valence-corrected chi connectivity index (χ4v) is 3.86. The highest BCUT2D eigenvalue weighted by Gasteiger charge is 2.22. The third-order valence-corrected chi connectivity index (χ3v) is 5.76. The van der Waals surface area contributed by atoms with Gasteiger partial charge in [0.05, 0.1) is 13.2 Å². The predicted molar refractivity (Wildman–Crippen MR) is 124 cm³/mol. The number of pyridine rings is 1. The van der Waals surface area contributed by atoms with Crippen LogP contribution in [-0.2, 0) is 24.4 Å². The maximum absolute atomic E-state index is 12.6. The van der Waals surface area contributed by atoms with E-state index in [1.165, 1.54) is 5.56 Å². The lowest BCUT2D eigenvalue weighted by atomic mass is 10.1. The quantitative estimate of drug-likeness (QED) is 0.499. The number of aromatic nitrogens is 1. The van der Waals surface area contributed by atoms with Crippen LogP contribution in [-0.4, -0.2) is 35.7 Å². The van der Waals surface area contributed by atoms with Gasteiger partial charge in [-0.3, -0.25) is 4.79 Å². The third-order valence-electron chi connectivity index (χ3n) is 5.27. The molecule has 1 aromatic heterocycles. The van der Waals surface area contributed by atoms with Crippen molar-refractivity contribution in [1.29, 1.82) is 0 Å². The molecule has 2 heterocycles. The molecular formula is C24H25N3O4S. The molecule has 4 rings (SSSR count). The minimum absolute atomic E-state index is 0.264. The summed E-state index contributed by atoms with van der Waals surface area (Å²) >= 11 is 0.694. The van der Waals surface area contributed by atoms with Gasteiger partial charge in [-0.15, -0.1) is 0 Å². The second-order valence-corrected chi connectivity index (χ2v) is 8.06.